The number of aromatic amines is 5. The molecule has 5 fully saturated rings. The number of carbonyl (C=O) groups is 6. The molecule has 15 rings (SSSR count). The number of aromatic nitrogens is 10. The standard InChI is InChI=1S/C19H24N4O2.3C18H22N4O2.C10H9ClN2O2.C9H16N2.C2H6.CH2O3.2Cs.H/c1-2-25-19(24)16-12-22-18-15(8-10-21-18)17(16)23-14-7-3-5-13(11-14)6-4-9-20;3*1-24-18(23)15-11-21-17-14(7-9-20-17)16(15)22-13-6-2-4-12(10-13)5-3-8-19;1-2-15-10(14)7-5-13-9-6(8(7)11)3-4-12-9;10-6-2-4-8-3-1-5-9(11)7-8;1-2;2-1-4-3;;;/h8,10,12-14H,2-7,11H2,1H3,(H2,21,22,23);3*7,9,11-13H,2-6,10H2,1H3,(H2,20,21,22);3-5H,2H2,1H3,(H,12,13);8-9H,1-5,7,11H2;1-2H3;1,3H;;;/q;;;;;;;;2*+1;-1/p-1/t;12-,13+;12-,13-;;;;;;;;/m.11......../s1. The van der Waals surface area contributed by atoms with Gasteiger partial charge in [-0.2, -0.15) is 26.3 Å². The van der Waals surface area contributed by atoms with Crippen molar-refractivity contribution in [1.82, 2.24) is 49.8 Å². The second-order valence-corrected chi connectivity index (χ2v) is 32.6. The molecule has 0 saturated heterocycles. The molecule has 10 heterocycles. The zero-order valence-corrected chi connectivity index (χ0v) is 90.2. The number of nitrogens with zero attached hydrogens (tertiary/aromatic N) is 10. The summed E-state index contributed by atoms with van der Waals surface area (Å²) in [6.45, 7) is 8.02. The Morgan fingerprint density at radius 3 is 0.908 bits per heavy atom. The van der Waals surface area contributed by atoms with Crippen LogP contribution in [0.2, 0.25) is 5.02 Å². The minimum atomic E-state index is -0.446. The second kappa shape index (κ2) is 61.2. The van der Waals surface area contributed by atoms with E-state index in [1.54, 1.807) is 50.9 Å². The number of H-pyrrole nitrogens is 5. The molecule has 6 unspecified atom stereocenters. The van der Waals surface area contributed by atoms with Crippen molar-refractivity contribution in [3.05, 3.63) is 125 Å². The first-order valence-corrected chi connectivity index (χ1v) is 45.2. The molecule has 0 radical (unpaired) electrons. The van der Waals surface area contributed by atoms with E-state index in [1.165, 1.54) is 72.5 Å². The molecule has 10 aromatic rings. The number of rotatable bonds is 26. The quantitative estimate of drug-likeness (QED) is 0.00791. The van der Waals surface area contributed by atoms with E-state index in [0.29, 0.717) is 138 Å². The Morgan fingerprint density at radius 2 is 0.656 bits per heavy atom. The van der Waals surface area contributed by atoms with Crippen LogP contribution in [0.4, 0.5) is 22.7 Å². The zero-order chi connectivity index (χ0) is 92.8. The van der Waals surface area contributed by atoms with Gasteiger partial charge in [-0.05, 0) is 170 Å². The van der Waals surface area contributed by atoms with Crippen molar-refractivity contribution in [2.24, 2.45) is 35.3 Å². The summed E-state index contributed by atoms with van der Waals surface area (Å²) in [4.78, 5) is 108. The van der Waals surface area contributed by atoms with Crippen LogP contribution in [0.3, 0.4) is 0 Å². The third-order valence-electron chi connectivity index (χ3n) is 23.8. The van der Waals surface area contributed by atoms with Crippen molar-refractivity contribution in [3.8, 4) is 30.3 Å². The van der Waals surface area contributed by atoms with Crippen molar-refractivity contribution in [1.29, 1.82) is 26.3 Å². The number of nitriles is 5. The van der Waals surface area contributed by atoms with Gasteiger partial charge in [0.15, 0.2) is 0 Å². The Morgan fingerprint density at radius 1 is 0.420 bits per heavy atom. The van der Waals surface area contributed by atoms with Crippen molar-refractivity contribution < 1.29 is 202 Å². The van der Waals surface area contributed by atoms with Crippen LogP contribution < -0.4 is 170 Å². The van der Waals surface area contributed by atoms with Crippen LogP contribution in [0.25, 0.3) is 55.2 Å². The van der Waals surface area contributed by atoms with Gasteiger partial charge in [0, 0.05) is 151 Å². The molecule has 33 nitrogen and oxygen atoms in total. The van der Waals surface area contributed by atoms with E-state index in [2.05, 4.69) is 106 Å². The summed E-state index contributed by atoms with van der Waals surface area (Å²) >= 11 is 6.05. The number of anilines is 4. The summed E-state index contributed by atoms with van der Waals surface area (Å²) in [5, 5.41) is 71.0. The monoisotopic (exact) mass is 2050 g/mol. The van der Waals surface area contributed by atoms with E-state index < -0.39 is 5.97 Å². The number of hydrogen-bond donors (Lipinski definition) is 10. The van der Waals surface area contributed by atoms with E-state index >= 15 is 0 Å². The summed E-state index contributed by atoms with van der Waals surface area (Å²) < 4.78 is 24.8. The van der Waals surface area contributed by atoms with Gasteiger partial charge in [0.2, 0.25) is 0 Å². The molecule has 0 bridgehead atoms. The van der Waals surface area contributed by atoms with E-state index in [-0.39, 0.29) is 170 Å². The van der Waals surface area contributed by atoms with Gasteiger partial charge in [0.05, 0.1) is 98.2 Å². The van der Waals surface area contributed by atoms with Crippen LogP contribution in [0, 0.1) is 86.2 Å². The van der Waals surface area contributed by atoms with Gasteiger partial charge in [-0.3, -0.25) is 4.79 Å². The predicted octanol–water partition coefficient (Wildman–Crippen LogP) is 12.7. The van der Waals surface area contributed by atoms with Gasteiger partial charge >= 0.3 is 168 Å². The van der Waals surface area contributed by atoms with Crippen LogP contribution in [0.1, 0.15) is 274 Å². The van der Waals surface area contributed by atoms with Crippen molar-refractivity contribution in [2.45, 2.75) is 251 Å². The normalized spacial score (nSPS) is 19.2. The van der Waals surface area contributed by atoms with Gasteiger partial charge in [-0.25, -0.2) is 48.9 Å². The average molecular weight is 2050 g/mol. The van der Waals surface area contributed by atoms with Gasteiger partial charge in [-0.1, -0.05) is 89.7 Å². The zero-order valence-electron chi connectivity index (χ0n) is 77.9. The maximum Gasteiger partial charge on any atom is 1.00 e. The molecule has 11 N–H and O–H groups in total. The van der Waals surface area contributed by atoms with Crippen LogP contribution in [0.5, 0.6) is 0 Å². The van der Waals surface area contributed by atoms with E-state index in [1.807, 2.05) is 62.9 Å². The molecular formula is C95H123ClCs2N20O13. The molecule has 0 aliphatic heterocycles. The Balaban J connectivity index is 0.000000280. The number of nitrogens with one attached hydrogen (secondary N) is 9. The van der Waals surface area contributed by atoms with E-state index in [4.69, 9.17) is 77.4 Å². The third-order valence-corrected chi connectivity index (χ3v) is 24.2. The minimum absolute atomic E-state index is 0. The number of nitrogens with two attached hydrogens (primary N) is 1. The summed E-state index contributed by atoms with van der Waals surface area (Å²) in [5.41, 5.74) is 14.8. The first kappa shape index (κ1) is 111. The van der Waals surface area contributed by atoms with E-state index in [0.717, 1.165) is 194 Å². The summed E-state index contributed by atoms with van der Waals surface area (Å²) in [6.07, 6.45) is 47.2. The number of esters is 5. The molecule has 36 heteroatoms. The van der Waals surface area contributed by atoms with Gasteiger partial charge < -0.3 is 87.2 Å². The minimum Gasteiger partial charge on any atom is -1.00 e. The Labute approximate surface area is 889 Å². The largest absolute Gasteiger partial charge is 1.00 e. The fraction of sp³-hybridized carbons (Fsp3) is 0.516. The van der Waals surface area contributed by atoms with E-state index in [9.17, 15) is 24.0 Å². The number of carbonyl (C=O) groups excluding carboxylic acids is 6. The number of methoxy groups -OCH3 is 3. The number of hydrogen-bond acceptors (Lipinski definition) is 28. The maximum absolute atomic E-state index is 12.3. The fourth-order valence-corrected chi connectivity index (χ4v) is 17.9. The van der Waals surface area contributed by atoms with Crippen molar-refractivity contribution >= 4 is 126 Å². The Hall–Kier alpha value is -8.77. The van der Waals surface area contributed by atoms with Crippen molar-refractivity contribution in [2.75, 3.05) is 55.8 Å². The first-order chi connectivity index (χ1) is 62.9. The Bertz CT molecular complexity index is 5150. The number of halogens is 1. The molecule has 10 aromatic heterocycles. The Kier molecular flexibility index (Phi) is 51.8. The van der Waals surface area contributed by atoms with Gasteiger partial charge in [-0.15, -0.1) is 0 Å². The molecule has 131 heavy (non-hydrogen) atoms. The topological polar surface area (TPSA) is 517 Å². The molecule has 0 spiro atoms. The third kappa shape index (κ3) is 34.0. The predicted molar refractivity (Wildman–Crippen MR) is 493 cm³/mol. The first-order valence-electron chi connectivity index (χ1n) is 44.8. The van der Waals surface area contributed by atoms with Crippen LogP contribution in [0.15, 0.2) is 92.3 Å². The van der Waals surface area contributed by atoms with Gasteiger partial charge in [0.25, 0.3) is 6.47 Å². The molecule has 5 aliphatic carbocycles. The van der Waals surface area contributed by atoms with Crippen LogP contribution in [-0.4, -0.2) is 151 Å². The number of pyridine rings is 5. The molecular weight excluding hydrogens is 1930 g/mol. The molecule has 5 saturated carbocycles. The molecule has 690 valence electrons. The number of ether oxygens (including phenoxy) is 5. The second-order valence-electron chi connectivity index (χ2n) is 32.3. The SMILES string of the molecule is CC.CCOC(=O)c1cnc2[nH]ccc2c1Cl.CCOC(=O)c1cnc2[nH]ccc2c1NC1CCCC(CCC#N)C1.COC(=O)c1cnc2[nH]ccc2c1NC1CCCC(CCC#N)C1.COC(=O)c1cnc2[nH]ccc2c1N[C@@H]1CCC[C@H](CCC#N)C1.COC(=O)c1cnc2[nH]ccc2c1N[C@H]1CCC[C@H](CCC#N)C1.N#CCCC1CCCC(N)C1.O=CO[O-].[Cs+].[Cs+].[H-]. The molecule has 10 atom stereocenters. The molecule has 5 aliphatic rings. The average Bonchev–Trinajstić information content (AvgIpc) is 1.61. The van der Waals surface area contributed by atoms with Crippen LogP contribution in [-0.2, 0) is 33.4 Å². The summed E-state index contributed by atoms with van der Waals surface area (Å²) in [6, 6.07) is 22.2. The van der Waals surface area contributed by atoms with Crippen molar-refractivity contribution in [3.63, 3.8) is 0 Å². The summed E-state index contributed by atoms with van der Waals surface area (Å²) in [7, 11) is 4.14. The van der Waals surface area contributed by atoms with Crippen LogP contribution >= 0.6 is 11.6 Å². The molecule has 0 aromatic carbocycles. The smallest absolute Gasteiger partial charge is 1.00 e. The van der Waals surface area contributed by atoms with Gasteiger partial charge in [0.1, 0.15) is 50.5 Å². The maximum atomic E-state index is 12.3. The summed E-state index contributed by atoms with van der Waals surface area (Å²) in [5.74, 6) is 1.07. The molecule has 0 amide bonds. The fourth-order valence-electron chi connectivity index (χ4n) is 17.6. The number of fused-ring (bicyclic) bond motifs is 5.